The minimum atomic E-state index is -3.23. The fraction of sp³-hybridized carbons (Fsp3) is 0.667. The molecule has 0 saturated carbocycles. The molecule has 0 aliphatic carbocycles. The second-order valence-corrected chi connectivity index (χ2v) is 7.23. The highest BCUT2D eigenvalue weighted by Gasteiger charge is 2.30. The van der Waals surface area contributed by atoms with Gasteiger partial charge in [-0.25, -0.2) is 12.7 Å². The van der Waals surface area contributed by atoms with Gasteiger partial charge in [-0.05, 0) is 19.8 Å². The van der Waals surface area contributed by atoms with E-state index in [0.717, 1.165) is 5.69 Å². The lowest BCUT2D eigenvalue weighted by Crippen LogP contribution is -2.43. The van der Waals surface area contributed by atoms with E-state index in [-0.39, 0.29) is 18.4 Å². The Kier molecular flexibility index (Phi) is 4.14. The zero-order chi connectivity index (χ0) is 14.9. The predicted molar refractivity (Wildman–Crippen MR) is 75.7 cm³/mol. The highest BCUT2D eigenvalue weighted by atomic mass is 32.2. The van der Waals surface area contributed by atoms with Crippen LogP contribution in [0.2, 0.25) is 0 Å². The van der Waals surface area contributed by atoms with Crippen molar-refractivity contribution in [3.63, 3.8) is 0 Å². The minimum absolute atomic E-state index is 0.152. The maximum absolute atomic E-state index is 12.2. The van der Waals surface area contributed by atoms with E-state index in [9.17, 15) is 13.2 Å². The van der Waals surface area contributed by atoms with Crippen molar-refractivity contribution in [2.75, 3.05) is 24.7 Å². The third kappa shape index (κ3) is 3.37. The molecule has 1 aromatic rings. The Morgan fingerprint density at radius 1 is 1.50 bits per heavy atom. The van der Waals surface area contributed by atoms with Gasteiger partial charge in [0.1, 0.15) is 5.82 Å². The molecule has 8 heteroatoms. The minimum Gasteiger partial charge on any atom is -0.311 e. The number of piperidine rings is 1. The van der Waals surface area contributed by atoms with Crippen LogP contribution in [-0.2, 0) is 21.9 Å². The maximum Gasteiger partial charge on any atom is 0.229 e. The topological polar surface area (TPSA) is 84.3 Å². The van der Waals surface area contributed by atoms with Crippen LogP contribution in [0, 0.1) is 12.8 Å². The standard InChI is InChI=1S/C12H20N4O3S/c1-9-7-11(15(2)14-9)13-12(17)10-5-4-6-16(8-10)20(3,18)19/h7,10H,4-6,8H2,1-3H3,(H,13,17)/t10-/m1/s1. The number of hydrogen-bond acceptors (Lipinski definition) is 4. The summed E-state index contributed by atoms with van der Waals surface area (Å²) in [5.74, 6) is 0.166. The molecule has 1 fully saturated rings. The van der Waals surface area contributed by atoms with Crippen molar-refractivity contribution < 1.29 is 13.2 Å². The summed E-state index contributed by atoms with van der Waals surface area (Å²) in [7, 11) is -1.48. The highest BCUT2D eigenvalue weighted by molar-refractivity contribution is 7.88. The molecular weight excluding hydrogens is 280 g/mol. The van der Waals surface area contributed by atoms with Crippen molar-refractivity contribution in [3.05, 3.63) is 11.8 Å². The smallest absolute Gasteiger partial charge is 0.229 e. The van der Waals surface area contributed by atoms with E-state index in [1.54, 1.807) is 17.8 Å². The molecule has 1 atom stereocenters. The first-order valence-electron chi connectivity index (χ1n) is 6.54. The summed E-state index contributed by atoms with van der Waals surface area (Å²) in [6.45, 7) is 2.59. The molecule has 2 rings (SSSR count). The van der Waals surface area contributed by atoms with E-state index in [2.05, 4.69) is 10.4 Å². The van der Waals surface area contributed by atoms with Crippen LogP contribution in [0.15, 0.2) is 6.07 Å². The SMILES string of the molecule is Cc1cc(NC(=O)[C@@H]2CCCN(S(C)(=O)=O)C2)n(C)n1. The molecule has 112 valence electrons. The predicted octanol–water partition coefficient (Wildman–Crippen LogP) is 0.339. The highest BCUT2D eigenvalue weighted by Crippen LogP contribution is 2.20. The molecule has 7 nitrogen and oxygen atoms in total. The number of carbonyl (C=O) groups is 1. The number of aromatic nitrogens is 2. The first-order valence-corrected chi connectivity index (χ1v) is 8.39. The largest absolute Gasteiger partial charge is 0.311 e. The van der Waals surface area contributed by atoms with Gasteiger partial charge in [0.25, 0.3) is 0 Å². The zero-order valence-electron chi connectivity index (χ0n) is 12.0. The molecule has 0 radical (unpaired) electrons. The molecular formula is C12H20N4O3S. The number of nitrogens with zero attached hydrogens (tertiary/aromatic N) is 3. The summed E-state index contributed by atoms with van der Waals surface area (Å²) in [6.07, 6.45) is 2.59. The van der Waals surface area contributed by atoms with Crippen molar-refractivity contribution in [2.45, 2.75) is 19.8 Å². The van der Waals surface area contributed by atoms with E-state index < -0.39 is 10.0 Å². The molecule has 0 aromatic carbocycles. The van der Waals surface area contributed by atoms with Gasteiger partial charge in [0.2, 0.25) is 15.9 Å². The fourth-order valence-electron chi connectivity index (χ4n) is 2.41. The molecule has 1 N–H and O–H groups in total. The number of rotatable bonds is 3. The molecule has 0 unspecified atom stereocenters. The molecule has 0 bridgehead atoms. The van der Waals surface area contributed by atoms with Gasteiger partial charge in [0.15, 0.2) is 0 Å². The number of aryl methyl sites for hydroxylation is 2. The van der Waals surface area contributed by atoms with Crippen molar-refractivity contribution in [2.24, 2.45) is 13.0 Å². The quantitative estimate of drug-likeness (QED) is 0.872. The number of nitrogens with one attached hydrogen (secondary N) is 1. The van der Waals surface area contributed by atoms with E-state index in [0.29, 0.717) is 25.2 Å². The van der Waals surface area contributed by atoms with Crippen LogP contribution in [-0.4, -0.2) is 47.8 Å². The lowest BCUT2D eigenvalue weighted by atomic mass is 9.99. The van der Waals surface area contributed by atoms with Gasteiger partial charge in [0, 0.05) is 26.2 Å². The maximum atomic E-state index is 12.2. The molecule has 20 heavy (non-hydrogen) atoms. The number of anilines is 1. The first kappa shape index (κ1) is 15.0. The van der Waals surface area contributed by atoms with Gasteiger partial charge in [-0.1, -0.05) is 0 Å². The van der Waals surface area contributed by atoms with Crippen LogP contribution >= 0.6 is 0 Å². The third-order valence-corrected chi connectivity index (χ3v) is 4.75. The van der Waals surface area contributed by atoms with Gasteiger partial charge in [-0.15, -0.1) is 0 Å². The normalized spacial score (nSPS) is 20.9. The lowest BCUT2D eigenvalue weighted by molar-refractivity contribution is -0.120. The number of hydrogen-bond donors (Lipinski definition) is 1. The second kappa shape index (κ2) is 5.53. The Labute approximate surface area is 119 Å². The van der Waals surface area contributed by atoms with Crippen molar-refractivity contribution in [3.8, 4) is 0 Å². The van der Waals surface area contributed by atoms with Crippen LogP contribution < -0.4 is 5.32 Å². The van der Waals surface area contributed by atoms with Crippen LogP contribution in [0.3, 0.4) is 0 Å². The molecule has 1 amide bonds. The molecule has 1 aliphatic heterocycles. The van der Waals surface area contributed by atoms with Crippen LogP contribution in [0.4, 0.5) is 5.82 Å². The lowest BCUT2D eigenvalue weighted by Gasteiger charge is -2.30. The van der Waals surface area contributed by atoms with Gasteiger partial charge < -0.3 is 5.32 Å². The van der Waals surface area contributed by atoms with Crippen LogP contribution in [0.1, 0.15) is 18.5 Å². The van der Waals surface area contributed by atoms with Gasteiger partial charge in [-0.2, -0.15) is 5.10 Å². The van der Waals surface area contributed by atoms with Gasteiger partial charge >= 0.3 is 0 Å². The summed E-state index contributed by atoms with van der Waals surface area (Å²) in [6, 6.07) is 1.79. The number of carbonyl (C=O) groups excluding carboxylic acids is 1. The molecule has 2 heterocycles. The monoisotopic (exact) mass is 300 g/mol. The zero-order valence-corrected chi connectivity index (χ0v) is 12.8. The summed E-state index contributed by atoms with van der Waals surface area (Å²) in [4.78, 5) is 12.2. The summed E-state index contributed by atoms with van der Waals surface area (Å²) < 4.78 is 26.1. The number of amides is 1. The Bertz CT molecular complexity index is 608. The Morgan fingerprint density at radius 2 is 2.20 bits per heavy atom. The summed E-state index contributed by atoms with van der Waals surface area (Å²) >= 11 is 0. The van der Waals surface area contributed by atoms with Gasteiger partial charge in [0.05, 0.1) is 17.9 Å². The Morgan fingerprint density at radius 3 is 2.75 bits per heavy atom. The number of sulfonamides is 1. The first-order chi connectivity index (χ1) is 9.27. The molecule has 0 spiro atoms. The fourth-order valence-corrected chi connectivity index (χ4v) is 3.33. The van der Waals surface area contributed by atoms with Crippen LogP contribution in [0.25, 0.3) is 0 Å². The average Bonchev–Trinajstić information content (AvgIpc) is 2.67. The summed E-state index contributed by atoms with van der Waals surface area (Å²) in [5, 5.41) is 6.97. The Balaban J connectivity index is 2.04. The van der Waals surface area contributed by atoms with E-state index >= 15 is 0 Å². The molecule has 1 aromatic heterocycles. The Hall–Kier alpha value is -1.41. The average molecular weight is 300 g/mol. The second-order valence-electron chi connectivity index (χ2n) is 5.24. The van der Waals surface area contributed by atoms with Crippen molar-refractivity contribution in [1.29, 1.82) is 0 Å². The van der Waals surface area contributed by atoms with Crippen LogP contribution in [0.5, 0.6) is 0 Å². The van der Waals surface area contributed by atoms with E-state index in [1.807, 2.05) is 6.92 Å². The third-order valence-electron chi connectivity index (χ3n) is 3.48. The van der Waals surface area contributed by atoms with Gasteiger partial charge in [-0.3, -0.25) is 9.48 Å². The van der Waals surface area contributed by atoms with E-state index in [1.165, 1.54) is 10.6 Å². The molecule has 1 aliphatic rings. The summed E-state index contributed by atoms with van der Waals surface area (Å²) in [5.41, 5.74) is 0.823. The van der Waals surface area contributed by atoms with Crippen molar-refractivity contribution in [1.82, 2.24) is 14.1 Å². The van der Waals surface area contributed by atoms with E-state index in [4.69, 9.17) is 0 Å². The molecule has 1 saturated heterocycles. The van der Waals surface area contributed by atoms with Crippen molar-refractivity contribution >= 4 is 21.7 Å².